The second-order valence-electron chi connectivity index (χ2n) is 7.21. The van der Waals surface area contributed by atoms with Gasteiger partial charge in [0.05, 0.1) is 0 Å². The topological polar surface area (TPSA) is 17.1 Å². The van der Waals surface area contributed by atoms with Crippen molar-refractivity contribution in [3.8, 4) is 0 Å². The van der Waals surface area contributed by atoms with Gasteiger partial charge in [0.2, 0.25) is 0 Å². The number of carbonyl (C=O) groups is 1. The number of halogens is 3. The summed E-state index contributed by atoms with van der Waals surface area (Å²) in [6, 6.07) is 2.05. The van der Waals surface area contributed by atoms with Gasteiger partial charge in [-0.25, -0.2) is 13.2 Å². The van der Waals surface area contributed by atoms with Crippen molar-refractivity contribution >= 4 is 11.9 Å². The van der Waals surface area contributed by atoms with Crippen LogP contribution in [0.1, 0.15) is 56.9 Å². The molecule has 0 amide bonds. The van der Waals surface area contributed by atoms with Crippen LogP contribution in [-0.2, 0) is 4.79 Å². The second-order valence-corrected chi connectivity index (χ2v) is 7.21. The van der Waals surface area contributed by atoms with Crippen LogP contribution in [0.2, 0.25) is 0 Å². The third kappa shape index (κ3) is 4.08. The summed E-state index contributed by atoms with van der Waals surface area (Å²) in [5, 5.41) is 0. The quantitative estimate of drug-likeness (QED) is 0.649. The Morgan fingerprint density at radius 3 is 1.96 bits per heavy atom. The van der Waals surface area contributed by atoms with Crippen LogP contribution < -0.4 is 0 Å². The molecular formula is C20H23F3O. The molecule has 1 aromatic rings. The smallest absolute Gasteiger partial charge is 0.194 e. The van der Waals surface area contributed by atoms with Gasteiger partial charge in [-0.2, -0.15) is 0 Å². The molecule has 1 aromatic carbocycles. The van der Waals surface area contributed by atoms with Crippen LogP contribution in [0.25, 0.3) is 6.08 Å². The fourth-order valence-electron chi connectivity index (χ4n) is 4.16. The molecular weight excluding hydrogens is 313 g/mol. The Morgan fingerprint density at radius 2 is 1.38 bits per heavy atom. The van der Waals surface area contributed by atoms with Crippen molar-refractivity contribution in [2.75, 3.05) is 0 Å². The van der Waals surface area contributed by atoms with E-state index in [1.165, 1.54) is 0 Å². The third-order valence-corrected chi connectivity index (χ3v) is 5.64. The standard InChI is InChI=1S/C20H23F3O/c21-18-11-14(12-19(22)20(18)23)2-1-13-3-5-15(6-4-13)16-7-9-17(24)10-8-16/h1-2,11-13,15-16H,3-10H2. The summed E-state index contributed by atoms with van der Waals surface area (Å²) in [6.45, 7) is 0. The molecule has 24 heavy (non-hydrogen) atoms. The zero-order chi connectivity index (χ0) is 17.1. The molecule has 0 bridgehead atoms. The van der Waals surface area contributed by atoms with Gasteiger partial charge < -0.3 is 0 Å². The molecule has 4 heteroatoms. The highest BCUT2D eigenvalue weighted by Crippen LogP contribution is 2.39. The van der Waals surface area contributed by atoms with Crippen LogP contribution in [0.15, 0.2) is 18.2 Å². The molecule has 0 saturated heterocycles. The Hall–Kier alpha value is -1.58. The minimum absolute atomic E-state index is 0.360. The van der Waals surface area contributed by atoms with E-state index in [2.05, 4.69) is 0 Å². The van der Waals surface area contributed by atoms with Crippen molar-refractivity contribution < 1.29 is 18.0 Å². The number of ketones is 1. The first-order chi connectivity index (χ1) is 11.5. The molecule has 2 saturated carbocycles. The van der Waals surface area contributed by atoms with Crippen LogP contribution in [0.4, 0.5) is 13.2 Å². The predicted molar refractivity (Wildman–Crippen MR) is 87.8 cm³/mol. The van der Waals surface area contributed by atoms with E-state index in [0.717, 1.165) is 63.5 Å². The van der Waals surface area contributed by atoms with Crippen LogP contribution in [0.3, 0.4) is 0 Å². The lowest BCUT2D eigenvalue weighted by molar-refractivity contribution is -0.121. The van der Waals surface area contributed by atoms with Crippen molar-refractivity contribution in [2.24, 2.45) is 17.8 Å². The highest BCUT2D eigenvalue weighted by molar-refractivity contribution is 5.79. The highest BCUT2D eigenvalue weighted by Gasteiger charge is 2.29. The van der Waals surface area contributed by atoms with E-state index < -0.39 is 17.5 Å². The predicted octanol–water partition coefficient (Wildman–Crippen LogP) is 5.68. The van der Waals surface area contributed by atoms with Gasteiger partial charge in [-0.15, -0.1) is 0 Å². The summed E-state index contributed by atoms with van der Waals surface area (Å²) in [7, 11) is 0. The number of benzene rings is 1. The van der Waals surface area contributed by atoms with Gasteiger partial charge in [-0.3, -0.25) is 4.79 Å². The minimum atomic E-state index is -1.42. The molecule has 130 valence electrons. The molecule has 0 aliphatic heterocycles. The van der Waals surface area contributed by atoms with Gasteiger partial charge in [-0.05, 0) is 74.0 Å². The average molecular weight is 336 g/mol. The number of hydrogen-bond donors (Lipinski definition) is 0. The number of Topliss-reactive ketones (excluding diaryl/α,β-unsaturated/α-hetero) is 1. The van der Waals surface area contributed by atoms with Gasteiger partial charge in [0.25, 0.3) is 0 Å². The zero-order valence-electron chi connectivity index (χ0n) is 13.7. The fourth-order valence-corrected chi connectivity index (χ4v) is 4.16. The first kappa shape index (κ1) is 17.2. The zero-order valence-corrected chi connectivity index (χ0v) is 13.7. The van der Waals surface area contributed by atoms with Crippen LogP contribution in [0.5, 0.6) is 0 Å². The van der Waals surface area contributed by atoms with E-state index in [1.54, 1.807) is 6.08 Å². The SMILES string of the molecule is O=C1CCC(C2CCC(C=Cc3cc(F)c(F)c(F)c3)CC2)CC1. The maximum atomic E-state index is 13.2. The third-order valence-electron chi connectivity index (χ3n) is 5.64. The lowest BCUT2D eigenvalue weighted by atomic mass is 9.71. The van der Waals surface area contributed by atoms with Crippen molar-refractivity contribution in [3.63, 3.8) is 0 Å². The normalized spacial score (nSPS) is 26.2. The number of hydrogen-bond acceptors (Lipinski definition) is 1. The Morgan fingerprint density at radius 1 is 0.833 bits per heavy atom. The van der Waals surface area contributed by atoms with Gasteiger partial charge in [0.1, 0.15) is 5.78 Å². The van der Waals surface area contributed by atoms with Gasteiger partial charge in [0.15, 0.2) is 17.5 Å². The van der Waals surface area contributed by atoms with Gasteiger partial charge in [-0.1, -0.05) is 12.2 Å². The van der Waals surface area contributed by atoms with Crippen LogP contribution in [0, 0.1) is 35.2 Å². The summed E-state index contributed by atoms with van der Waals surface area (Å²) in [5.74, 6) is -1.50. The summed E-state index contributed by atoms with van der Waals surface area (Å²) in [5.41, 5.74) is 0.360. The molecule has 0 N–H and O–H groups in total. The molecule has 0 heterocycles. The van der Waals surface area contributed by atoms with Crippen molar-refractivity contribution in [1.29, 1.82) is 0 Å². The Labute approximate surface area is 140 Å². The van der Waals surface area contributed by atoms with E-state index in [9.17, 15) is 18.0 Å². The average Bonchev–Trinajstić information content (AvgIpc) is 2.59. The molecule has 0 atom stereocenters. The Kier molecular flexibility index (Phi) is 5.42. The molecule has 2 fully saturated rings. The summed E-state index contributed by atoms with van der Waals surface area (Å²) < 4.78 is 39.4. The van der Waals surface area contributed by atoms with E-state index >= 15 is 0 Å². The lowest BCUT2D eigenvalue weighted by Gasteiger charge is -2.34. The number of carbonyl (C=O) groups excluding carboxylic acids is 1. The van der Waals surface area contributed by atoms with Gasteiger partial charge >= 0.3 is 0 Å². The highest BCUT2D eigenvalue weighted by atomic mass is 19.2. The summed E-state index contributed by atoms with van der Waals surface area (Å²) in [6.07, 6.45) is 11.7. The molecule has 2 aliphatic rings. The van der Waals surface area contributed by atoms with Crippen molar-refractivity contribution in [1.82, 2.24) is 0 Å². The van der Waals surface area contributed by atoms with E-state index in [4.69, 9.17) is 0 Å². The lowest BCUT2D eigenvalue weighted by Crippen LogP contribution is -2.25. The van der Waals surface area contributed by atoms with E-state index in [0.29, 0.717) is 29.1 Å². The number of rotatable bonds is 3. The minimum Gasteiger partial charge on any atom is -0.300 e. The molecule has 2 aliphatic carbocycles. The maximum absolute atomic E-state index is 13.2. The van der Waals surface area contributed by atoms with Crippen LogP contribution >= 0.6 is 0 Å². The van der Waals surface area contributed by atoms with E-state index in [-0.39, 0.29) is 0 Å². The Balaban J connectivity index is 1.53. The molecule has 0 aromatic heterocycles. The molecule has 3 rings (SSSR count). The first-order valence-corrected chi connectivity index (χ1v) is 8.87. The largest absolute Gasteiger partial charge is 0.300 e. The second kappa shape index (κ2) is 7.54. The molecule has 0 unspecified atom stereocenters. The summed E-state index contributed by atoms with van der Waals surface area (Å²) >= 11 is 0. The Bertz CT molecular complexity index is 597. The van der Waals surface area contributed by atoms with Gasteiger partial charge in [0, 0.05) is 12.8 Å². The molecule has 1 nitrogen and oxygen atoms in total. The molecule has 0 spiro atoms. The van der Waals surface area contributed by atoms with Crippen LogP contribution in [-0.4, -0.2) is 5.78 Å². The van der Waals surface area contributed by atoms with Crippen molar-refractivity contribution in [3.05, 3.63) is 41.2 Å². The number of allylic oxidation sites excluding steroid dienone is 1. The fraction of sp³-hybridized carbons (Fsp3) is 0.550. The maximum Gasteiger partial charge on any atom is 0.194 e. The van der Waals surface area contributed by atoms with E-state index in [1.807, 2.05) is 6.08 Å². The summed E-state index contributed by atoms with van der Waals surface area (Å²) in [4.78, 5) is 11.3. The first-order valence-electron chi connectivity index (χ1n) is 8.87. The monoisotopic (exact) mass is 336 g/mol. The van der Waals surface area contributed by atoms with Crippen molar-refractivity contribution in [2.45, 2.75) is 51.4 Å². The molecule has 0 radical (unpaired) electrons.